The lowest BCUT2D eigenvalue weighted by molar-refractivity contribution is 0.574. The van der Waals surface area contributed by atoms with E-state index in [9.17, 15) is 0 Å². The normalized spacial score (nSPS) is 23.6. The summed E-state index contributed by atoms with van der Waals surface area (Å²) in [4.78, 5) is 14.0. The third-order valence-corrected chi connectivity index (χ3v) is 4.85. The van der Waals surface area contributed by atoms with Crippen molar-refractivity contribution in [2.24, 2.45) is 26.2 Å². The van der Waals surface area contributed by atoms with Crippen LogP contribution in [0.3, 0.4) is 0 Å². The van der Waals surface area contributed by atoms with E-state index in [2.05, 4.69) is 47.1 Å². The third-order valence-electron chi connectivity index (χ3n) is 3.82. The molecular weight excluding hydrogens is 390 g/mol. The number of dihydropyridines is 1. The number of aliphatic imine (C=N–C) groups is 3. The van der Waals surface area contributed by atoms with E-state index in [1.54, 1.807) is 0 Å². The molecule has 0 bridgehead atoms. The second-order valence-electron chi connectivity index (χ2n) is 6.70. The largest absolute Gasteiger partial charge is 0.308 e. The predicted octanol–water partition coefficient (Wildman–Crippen LogP) is 3.48. The van der Waals surface area contributed by atoms with Gasteiger partial charge in [-0.3, -0.25) is 4.99 Å². The van der Waals surface area contributed by atoms with Crippen molar-refractivity contribution in [1.82, 2.24) is 5.43 Å². The van der Waals surface area contributed by atoms with Crippen molar-refractivity contribution in [1.29, 1.82) is 0 Å². The third kappa shape index (κ3) is 3.18. The zero-order valence-corrected chi connectivity index (χ0v) is 16.1. The number of rotatable bonds is 1. The molecule has 0 aromatic heterocycles. The zero-order valence-electron chi connectivity index (χ0n) is 13.7. The number of hydrogen-bond donors (Lipinski definition) is 2. The lowest BCUT2D eigenvalue weighted by Gasteiger charge is -2.30. The summed E-state index contributed by atoms with van der Waals surface area (Å²) in [6, 6.07) is 7.67. The molecule has 2 aliphatic heterocycles. The summed E-state index contributed by atoms with van der Waals surface area (Å²) in [7, 11) is 0. The molecular formula is C17H19BrClN5. The molecule has 2 heterocycles. The monoisotopic (exact) mass is 407 g/mol. The van der Waals surface area contributed by atoms with Crippen LogP contribution in [0.5, 0.6) is 0 Å². The average Bonchev–Trinajstić information content (AvgIpc) is 2.53. The molecule has 5 nitrogen and oxygen atoms in total. The fourth-order valence-electron chi connectivity index (χ4n) is 2.57. The molecule has 0 fully saturated rings. The molecule has 0 spiro atoms. The minimum atomic E-state index is -0.372. The quantitative estimate of drug-likeness (QED) is 0.424. The number of fused-ring (bicyclic) bond motifs is 1. The van der Waals surface area contributed by atoms with E-state index >= 15 is 0 Å². The van der Waals surface area contributed by atoms with Crippen LogP contribution < -0.4 is 11.3 Å². The number of benzene rings is 1. The number of allylic oxidation sites excluding steroid dienone is 1. The molecule has 3 N–H and O–H groups in total. The van der Waals surface area contributed by atoms with Crippen molar-refractivity contribution < 1.29 is 0 Å². The van der Waals surface area contributed by atoms with Gasteiger partial charge in [-0.15, -0.1) is 0 Å². The predicted molar refractivity (Wildman–Crippen MR) is 104 cm³/mol. The van der Waals surface area contributed by atoms with Gasteiger partial charge in [-0.25, -0.2) is 15.8 Å². The number of amidine groups is 2. The van der Waals surface area contributed by atoms with E-state index in [1.807, 2.05) is 30.3 Å². The maximum atomic E-state index is 6.34. The number of hydrazine groups is 1. The Balaban J connectivity index is 2.08. The van der Waals surface area contributed by atoms with Crippen LogP contribution in [0, 0.1) is 5.41 Å². The van der Waals surface area contributed by atoms with E-state index in [0.29, 0.717) is 16.7 Å². The summed E-state index contributed by atoms with van der Waals surface area (Å²) in [6.45, 7) is 6.19. The fourth-order valence-corrected chi connectivity index (χ4v) is 3.46. The Morgan fingerprint density at radius 2 is 1.92 bits per heavy atom. The SMILES string of the molecule is CC(C)(C)C1=NC2N=C(c3ccccc3Cl)C(Br)C=C2C(NN)=N1. The Morgan fingerprint density at radius 3 is 2.54 bits per heavy atom. The van der Waals surface area contributed by atoms with Crippen LogP contribution in [0.15, 0.2) is 50.9 Å². The van der Waals surface area contributed by atoms with Gasteiger partial charge in [0.2, 0.25) is 0 Å². The first-order chi connectivity index (χ1) is 11.3. The van der Waals surface area contributed by atoms with E-state index in [1.165, 1.54) is 0 Å². The minimum Gasteiger partial charge on any atom is -0.308 e. The lowest BCUT2D eigenvalue weighted by atomic mass is 9.93. The maximum Gasteiger partial charge on any atom is 0.170 e. The highest BCUT2D eigenvalue weighted by Gasteiger charge is 2.33. The number of nitrogens with two attached hydrogens (primary N) is 1. The Morgan fingerprint density at radius 1 is 1.21 bits per heavy atom. The summed E-state index contributed by atoms with van der Waals surface area (Å²) in [5, 5.41) is 0.666. The van der Waals surface area contributed by atoms with Gasteiger partial charge < -0.3 is 5.43 Å². The van der Waals surface area contributed by atoms with Crippen molar-refractivity contribution in [3.05, 3.63) is 46.5 Å². The number of halogens is 2. The van der Waals surface area contributed by atoms with Gasteiger partial charge in [-0.1, -0.05) is 72.6 Å². The van der Waals surface area contributed by atoms with Gasteiger partial charge in [0.25, 0.3) is 0 Å². The van der Waals surface area contributed by atoms with Crippen molar-refractivity contribution in [2.75, 3.05) is 0 Å². The van der Waals surface area contributed by atoms with Gasteiger partial charge in [0.1, 0.15) is 11.7 Å². The topological polar surface area (TPSA) is 75.1 Å². The molecule has 0 saturated carbocycles. The molecule has 2 unspecified atom stereocenters. The van der Waals surface area contributed by atoms with Crippen LogP contribution >= 0.6 is 27.5 Å². The molecule has 1 aromatic carbocycles. The van der Waals surface area contributed by atoms with Crippen LogP contribution in [0.2, 0.25) is 5.02 Å². The summed E-state index contributed by atoms with van der Waals surface area (Å²) in [6.07, 6.45) is 1.65. The van der Waals surface area contributed by atoms with Crippen LogP contribution in [-0.2, 0) is 0 Å². The summed E-state index contributed by atoms with van der Waals surface area (Å²) in [5.74, 6) is 6.99. The average molecular weight is 409 g/mol. The van der Waals surface area contributed by atoms with Crippen LogP contribution in [0.4, 0.5) is 0 Å². The number of nitrogens with one attached hydrogen (secondary N) is 1. The van der Waals surface area contributed by atoms with Crippen LogP contribution in [0.1, 0.15) is 26.3 Å². The Kier molecular flexibility index (Phi) is 4.64. The van der Waals surface area contributed by atoms with Gasteiger partial charge in [0.05, 0.1) is 10.5 Å². The Hall–Kier alpha value is -1.50. The molecule has 24 heavy (non-hydrogen) atoms. The molecule has 2 atom stereocenters. The van der Waals surface area contributed by atoms with Gasteiger partial charge in [0, 0.05) is 21.6 Å². The molecule has 3 rings (SSSR count). The van der Waals surface area contributed by atoms with Crippen molar-refractivity contribution in [2.45, 2.75) is 31.8 Å². The van der Waals surface area contributed by atoms with Crippen LogP contribution in [-0.4, -0.2) is 28.4 Å². The van der Waals surface area contributed by atoms with Crippen LogP contribution in [0.25, 0.3) is 0 Å². The number of hydrogen-bond acceptors (Lipinski definition) is 5. The number of nitrogens with zero attached hydrogens (tertiary/aromatic N) is 3. The first-order valence-electron chi connectivity index (χ1n) is 7.63. The second-order valence-corrected chi connectivity index (χ2v) is 8.09. The van der Waals surface area contributed by atoms with E-state index in [4.69, 9.17) is 27.4 Å². The Bertz CT molecular complexity index is 788. The summed E-state index contributed by atoms with van der Waals surface area (Å²) < 4.78 is 0. The summed E-state index contributed by atoms with van der Waals surface area (Å²) in [5.41, 5.74) is 5.09. The standard InChI is InChI=1S/C17H19BrClN5/c1-17(2,3)16-22-14-10(15(23-16)24-20)8-11(18)13(21-14)9-6-4-5-7-12(9)19/h4-8,11,14H,20H2,1-3H3,(H,22,23,24). The second kappa shape index (κ2) is 6.43. The van der Waals surface area contributed by atoms with Crippen molar-refractivity contribution in [3.8, 4) is 0 Å². The van der Waals surface area contributed by atoms with E-state index in [-0.39, 0.29) is 16.4 Å². The highest BCUT2D eigenvalue weighted by molar-refractivity contribution is 9.10. The van der Waals surface area contributed by atoms with Crippen molar-refractivity contribution in [3.63, 3.8) is 0 Å². The molecule has 0 radical (unpaired) electrons. The van der Waals surface area contributed by atoms with Gasteiger partial charge in [-0.05, 0) is 6.07 Å². The maximum absolute atomic E-state index is 6.34. The smallest absolute Gasteiger partial charge is 0.170 e. The first-order valence-corrected chi connectivity index (χ1v) is 8.93. The molecule has 0 saturated heterocycles. The molecule has 7 heteroatoms. The molecule has 0 amide bonds. The van der Waals surface area contributed by atoms with Gasteiger partial charge >= 0.3 is 0 Å². The highest BCUT2D eigenvalue weighted by Crippen LogP contribution is 2.31. The van der Waals surface area contributed by atoms with E-state index < -0.39 is 0 Å². The first kappa shape index (κ1) is 17.3. The lowest BCUT2D eigenvalue weighted by Crippen LogP contribution is -2.42. The molecule has 126 valence electrons. The van der Waals surface area contributed by atoms with Crippen molar-refractivity contribution >= 4 is 44.9 Å². The fraction of sp³-hybridized carbons (Fsp3) is 0.353. The zero-order chi connectivity index (χ0) is 17.5. The van der Waals surface area contributed by atoms with E-state index in [0.717, 1.165) is 16.8 Å². The molecule has 0 aliphatic carbocycles. The molecule has 2 aliphatic rings. The number of alkyl halides is 1. The minimum absolute atomic E-state index is 0.0893. The highest BCUT2D eigenvalue weighted by atomic mass is 79.9. The molecule has 1 aromatic rings. The Labute approximate surface area is 154 Å². The van der Waals surface area contributed by atoms with Gasteiger partial charge in [-0.2, -0.15) is 0 Å². The summed E-state index contributed by atoms with van der Waals surface area (Å²) >= 11 is 10.0. The van der Waals surface area contributed by atoms with Gasteiger partial charge in [0.15, 0.2) is 6.17 Å².